The predicted octanol–water partition coefficient (Wildman–Crippen LogP) is 7.12. The second-order valence-electron chi connectivity index (χ2n) is 16.2. The Kier molecular flexibility index (Phi) is 8.85. The Labute approximate surface area is 304 Å². The standard InChI is InChI=1S/2C20H20O2.C6H15N/c2*21-16-8-1-4-12-10-14-6-3-7-15-11-13-5-2-9-17(22)19(13)20(14,15)18(12)16;1-4-7(5-2)6-3/h2*1-2,4-5,8-9,14-15,21-22H,3,6-7,10-11H2;4-6H2,1-3H3/t14-,15-,20?;14-,15-,20-;/m00./s1. The SMILES string of the molecule is CC[NH+](CC)CC.Oc1cccc2c1C13c4c(O)cccc4C[C@@H]1CCC[C@H]3C2.[O-]c1cccc2c1[C@@]13c4c(O)cccc4C[C@@H]1CCC[C@H]3C2. The third-order valence-corrected chi connectivity index (χ3v) is 14.3. The molecule has 0 aromatic heterocycles. The van der Waals surface area contributed by atoms with Crippen molar-refractivity contribution < 1.29 is 25.3 Å². The summed E-state index contributed by atoms with van der Waals surface area (Å²) in [6.07, 6.45) is 11.3. The average Bonchev–Trinajstić information content (AvgIpc) is 3.86. The van der Waals surface area contributed by atoms with Gasteiger partial charge in [-0.2, -0.15) is 0 Å². The third kappa shape index (κ3) is 4.97. The van der Waals surface area contributed by atoms with E-state index in [0.29, 0.717) is 40.9 Å². The van der Waals surface area contributed by atoms with Crippen LogP contribution in [0.25, 0.3) is 0 Å². The Hall–Kier alpha value is -3.96. The van der Waals surface area contributed by atoms with Crippen LogP contribution in [0.3, 0.4) is 0 Å². The maximum Gasteiger partial charge on any atom is 0.119 e. The fourth-order valence-electron chi connectivity index (χ4n) is 12.5. The van der Waals surface area contributed by atoms with Crippen molar-refractivity contribution in [2.24, 2.45) is 23.7 Å². The number of nitrogens with one attached hydrogen (secondary N) is 1. The molecule has 268 valence electrons. The van der Waals surface area contributed by atoms with Crippen molar-refractivity contribution in [1.82, 2.24) is 0 Å². The van der Waals surface area contributed by atoms with Crippen molar-refractivity contribution in [1.29, 1.82) is 0 Å². The van der Waals surface area contributed by atoms with Crippen LogP contribution in [0, 0.1) is 23.7 Å². The van der Waals surface area contributed by atoms with Gasteiger partial charge in [0, 0.05) is 27.5 Å². The Balaban J connectivity index is 0.000000124. The molecule has 4 N–H and O–H groups in total. The van der Waals surface area contributed by atoms with Gasteiger partial charge in [-0.1, -0.05) is 67.4 Å². The van der Waals surface area contributed by atoms with Crippen LogP contribution in [0.1, 0.15) is 104 Å². The molecule has 0 unspecified atom stereocenters. The molecule has 6 aliphatic rings. The molecule has 0 aliphatic heterocycles. The number of benzene rings is 4. The molecule has 5 heteroatoms. The Bertz CT molecular complexity index is 1660. The number of hydrogen-bond donors (Lipinski definition) is 4. The lowest BCUT2D eigenvalue weighted by Crippen LogP contribution is -3.11. The molecule has 51 heavy (non-hydrogen) atoms. The van der Waals surface area contributed by atoms with E-state index < -0.39 is 0 Å². The van der Waals surface area contributed by atoms with Gasteiger partial charge >= 0.3 is 0 Å². The van der Waals surface area contributed by atoms with Crippen LogP contribution >= 0.6 is 0 Å². The minimum Gasteiger partial charge on any atom is -0.872 e. The number of phenolic OH excluding ortho intramolecular Hbond substituents is 3. The maximum absolute atomic E-state index is 12.7. The van der Waals surface area contributed by atoms with Gasteiger partial charge < -0.3 is 25.3 Å². The molecule has 0 bridgehead atoms. The van der Waals surface area contributed by atoms with Crippen LogP contribution < -0.4 is 10.0 Å². The van der Waals surface area contributed by atoms with Crippen LogP contribution in [-0.4, -0.2) is 35.0 Å². The van der Waals surface area contributed by atoms with Gasteiger partial charge in [0.05, 0.1) is 19.6 Å². The molecule has 4 aromatic carbocycles. The second kappa shape index (κ2) is 13.2. The molecular weight excluding hydrogens is 631 g/mol. The van der Waals surface area contributed by atoms with Gasteiger partial charge in [0.25, 0.3) is 0 Å². The largest absolute Gasteiger partial charge is 0.872 e. The normalized spacial score (nSPS) is 28.4. The average molecular weight is 686 g/mol. The first-order chi connectivity index (χ1) is 24.8. The summed E-state index contributed by atoms with van der Waals surface area (Å²) in [7, 11) is 0. The van der Waals surface area contributed by atoms with Crippen molar-refractivity contribution in [3.8, 4) is 23.0 Å². The summed E-state index contributed by atoms with van der Waals surface area (Å²) < 4.78 is 0. The first-order valence-electron chi connectivity index (χ1n) is 19.9. The summed E-state index contributed by atoms with van der Waals surface area (Å²) in [4.78, 5) is 1.68. The number of quaternary nitrogens is 1. The van der Waals surface area contributed by atoms with Crippen molar-refractivity contribution in [2.75, 3.05) is 19.6 Å². The smallest absolute Gasteiger partial charge is 0.119 e. The molecule has 2 spiro atoms. The maximum atomic E-state index is 12.7. The number of aromatic hydroxyl groups is 3. The van der Waals surface area contributed by atoms with Gasteiger partial charge in [-0.05, 0) is 142 Å². The van der Waals surface area contributed by atoms with E-state index in [0.717, 1.165) is 47.9 Å². The van der Waals surface area contributed by atoms with Gasteiger partial charge in [-0.3, -0.25) is 0 Å². The first kappa shape index (κ1) is 34.1. The molecule has 2 saturated carbocycles. The minimum atomic E-state index is -0.216. The summed E-state index contributed by atoms with van der Waals surface area (Å²) in [5.74, 6) is 3.39. The Morgan fingerprint density at radius 3 is 1.16 bits per heavy atom. The van der Waals surface area contributed by atoms with Crippen molar-refractivity contribution in [2.45, 2.75) is 95.8 Å². The van der Waals surface area contributed by atoms with Gasteiger partial charge in [0.2, 0.25) is 0 Å². The number of phenols is 3. The van der Waals surface area contributed by atoms with Crippen LogP contribution in [-0.2, 0) is 36.5 Å². The summed E-state index contributed by atoms with van der Waals surface area (Å²) in [5.41, 5.74) is 8.99. The Morgan fingerprint density at radius 2 is 0.824 bits per heavy atom. The molecule has 5 nitrogen and oxygen atoms in total. The molecule has 5 atom stereocenters. The molecule has 6 aliphatic carbocycles. The van der Waals surface area contributed by atoms with Crippen molar-refractivity contribution in [3.63, 3.8) is 0 Å². The summed E-state index contributed by atoms with van der Waals surface area (Å²) in [6.45, 7) is 10.5. The minimum absolute atomic E-state index is 0.153. The fourth-order valence-corrected chi connectivity index (χ4v) is 12.5. The quantitative estimate of drug-likeness (QED) is 0.185. The van der Waals surface area contributed by atoms with Gasteiger partial charge in [-0.15, -0.1) is 5.75 Å². The predicted molar refractivity (Wildman–Crippen MR) is 201 cm³/mol. The van der Waals surface area contributed by atoms with E-state index in [1.165, 1.54) is 80.4 Å². The highest BCUT2D eigenvalue weighted by Crippen LogP contribution is 2.67. The zero-order chi connectivity index (χ0) is 35.5. The summed E-state index contributed by atoms with van der Waals surface area (Å²) in [5, 5.41) is 44.7. The van der Waals surface area contributed by atoms with Crippen LogP contribution in [0.15, 0.2) is 72.8 Å². The van der Waals surface area contributed by atoms with Gasteiger partial charge in [-0.25, -0.2) is 0 Å². The van der Waals surface area contributed by atoms with E-state index in [1.807, 2.05) is 36.4 Å². The molecule has 0 amide bonds. The highest BCUT2D eigenvalue weighted by atomic mass is 16.3. The van der Waals surface area contributed by atoms with Crippen LogP contribution in [0.5, 0.6) is 23.0 Å². The summed E-state index contributed by atoms with van der Waals surface area (Å²) in [6, 6.07) is 23.5. The van der Waals surface area contributed by atoms with E-state index in [9.17, 15) is 20.4 Å². The molecule has 10 rings (SSSR count). The van der Waals surface area contributed by atoms with Crippen LogP contribution in [0.4, 0.5) is 0 Å². The van der Waals surface area contributed by atoms with Crippen LogP contribution in [0.2, 0.25) is 0 Å². The number of hydrogen-bond acceptors (Lipinski definition) is 4. The third-order valence-electron chi connectivity index (χ3n) is 14.3. The van der Waals surface area contributed by atoms with E-state index >= 15 is 0 Å². The molecule has 0 saturated heterocycles. The Morgan fingerprint density at radius 1 is 0.510 bits per heavy atom. The molecule has 2 fully saturated rings. The van der Waals surface area contributed by atoms with Gasteiger partial charge in [0.15, 0.2) is 0 Å². The van der Waals surface area contributed by atoms with Gasteiger partial charge in [0.1, 0.15) is 17.2 Å². The molecule has 4 aromatic rings. The highest BCUT2D eigenvalue weighted by molar-refractivity contribution is 5.65. The summed E-state index contributed by atoms with van der Waals surface area (Å²) >= 11 is 0. The number of fused-ring (bicyclic) bond motifs is 4. The lowest BCUT2D eigenvalue weighted by Gasteiger charge is -2.45. The van der Waals surface area contributed by atoms with E-state index in [2.05, 4.69) is 45.0 Å². The highest BCUT2D eigenvalue weighted by Gasteiger charge is 2.61. The molecule has 0 heterocycles. The zero-order valence-corrected chi connectivity index (χ0v) is 30.7. The molecular formula is C46H55NO4. The topological polar surface area (TPSA) is 88.2 Å². The van der Waals surface area contributed by atoms with Crippen molar-refractivity contribution >= 4 is 0 Å². The van der Waals surface area contributed by atoms with Crippen molar-refractivity contribution in [3.05, 3.63) is 117 Å². The fraction of sp³-hybridized carbons (Fsp3) is 0.478. The first-order valence-corrected chi connectivity index (χ1v) is 19.9. The van der Waals surface area contributed by atoms with E-state index in [1.54, 1.807) is 17.0 Å². The lowest BCUT2D eigenvalue weighted by atomic mass is 9.59. The second-order valence-corrected chi connectivity index (χ2v) is 16.2. The zero-order valence-electron chi connectivity index (χ0n) is 30.7. The molecule has 0 radical (unpaired) electrons. The monoisotopic (exact) mass is 685 g/mol. The lowest BCUT2D eigenvalue weighted by molar-refractivity contribution is -0.894. The van der Waals surface area contributed by atoms with E-state index in [4.69, 9.17) is 0 Å². The number of rotatable bonds is 3. The van der Waals surface area contributed by atoms with E-state index in [-0.39, 0.29) is 16.6 Å².